The maximum Gasteiger partial charge on any atom is 0.307 e. The molecule has 3 rings (SSSR count). The van der Waals surface area contributed by atoms with Gasteiger partial charge in [-0.15, -0.1) is 0 Å². The second-order valence-corrected chi connectivity index (χ2v) is 9.87. The summed E-state index contributed by atoms with van der Waals surface area (Å²) in [6.07, 6.45) is 4.46. The number of nitrogens with zero attached hydrogens (tertiary/aromatic N) is 1. The molecule has 1 aliphatic heterocycles. The Kier molecular flexibility index (Phi) is 6.40. The van der Waals surface area contributed by atoms with Crippen LogP contribution < -0.4 is 5.32 Å². The number of rotatable bonds is 5. The van der Waals surface area contributed by atoms with Gasteiger partial charge in [-0.05, 0) is 55.9 Å². The van der Waals surface area contributed by atoms with Crippen molar-refractivity contribution in [2.24, 2.45) is 17.8 Å². The first-order valence-electron chi connectivity index (χ1n) is 9.93. The van der Waals surface area contributed by atoms with Gasteiger partial charge < -0.3 is 10.4 Å². The van der Waals surface area contributed by atoms with E-state index in [-0.39, 0.29) is 10.8 Å². The second-order valence-electron chi connectivity index (χ2n) is 7.94. The molecule has 1 aromatic rings. The third kappa shape index (κ3) is 4.55. The first-order valence-corrected chi connectivity index (χ1v) is 11.4. The molecule has 1 heterocycles. The molecule has 1 saturated heterocycles. The quantitative estimate of drug-likeness (QED) is 0.780. The Labute approximate surface area is 166 Å². The number of carboxylic acid groups (broad SMARTS) is 1. The number of benzene rings is 1. The number of hydrogen-bond donors (Lipinski definition) is 2. The molecule has 1 saturated carbocycles. The molecule has 0 unspecified atom stereocenters. The van der Waals surface area contributed by atoms with Crippen LogP contribution in [0.25, 0.3) is 0 Å². The minimum atomic E-state index is -3.53. The van der Waals surface area contributed by atoms with Crippen LogP contribution in [0.5, 0.6) is 0 Å². The number of sulfonamides is 1. The molecule has 1 aromatic carbocycles. The number of piperidine rings is 1. The van der Waals surface area contributed by atoms with Crippen molar-refractivity contribution in [3.8, 4) is 0 Å². The molecule has 7 nitrogen and oxygen atoms in total. The fraction of sp³-hybridized carbons (Fsp3) is 0.600. The lowest BCUT2D eigenvalue weighted by Gasteiger charge is -2.29. The Morgan fingerprint density at radius 3 is 2.14 bits per heavy atom. The third-order valence-electron chi connectivity index (χ3n) is 5.92. The zero-order chi connectivity index (χ0) is 20.3. The first kappa shape index (κ1) is 20.8. The zero-order valence-electron chi connectivity index (χ0n) is 16.1. The van der Waals surface area contributed by atoms with E-state index in [1.54, 1.807) is 12.1 Å². The minimum absolute atomic E-state index is 0.209. The van der Waals surface area contributed by atoms with Crippen LogP contribution in [-0.2, 0) is 19.6 Å². The van der Waals surface area contributed by atoms with Gasteiger partial charge in [-0.3, -0.25) is 9.59 Å². The van der Waals surface area contributed by atoms with Gasteiger partial charge in [0, 0.05) is 18.8 Å². The SMILES string of the molecule is CC1CCN(S(=O)(=O)c2ccc(NC(=O)[C@@H]3CCCC[C@@H]3C(=O)O)cc2)CC1. The summed E-state index contributed by atoms with van der Waals surface area (Å²) in [5, 5.41) is 12.1. The lowest BCUT2D eigenvalue weighted by molar-refractivity contribution is -0.147. The summed E-state index contributed by atoms with van der Waals surface area (Å²) in [5.74, 6) is -1.91. The molecule has 1 aliphatic carbocycles. The number of amides is 1. The highest BCUT2D eigenvalue weighted by Gasteiger charge is 2.35. The molecule has 28 heavy (non-hydrogen) atoms. The summed E-state index contributed by atoms with van der Waals surface area (Å²) in [6, 6.07) is 6.13. The van der Waals surface area contributed by atoms with Crippen molar-refractivity contribution in [1.82, 2.24) is 4.31 Å². The van der Waals surface area contributed by atoms with Gasteiger partial charge in [-0.2, -0.15) is 4.31 Å². The second kappa shape index (κ2) is 8.61. The summed E-state index contributed by atoms with van der Waals surface area (Å²) < 4.78 is 27.0. The Balaban J connectivity index is 1.67. The van der Waals surface area contributed by atoms with E-state index in [9.17, 15) is 23.1 Å². The van der Waals surface area contributed by atoms with E-state index >= 15 is 0 Å². The zero-order valence-corrected chi connectivity index (χ0v) is 17.0. The number of carbonyl (C=O) groups is 2. The van der Waals surface area contributed by atoms with Crippen LogP contribution in [0.3, 0.4) is 0 Å². The maximum absolute atomic E-state index is 12.8. The molecule has 2 fully saturated rings. The molecular formula is C20H28N2O5S. The van der Waals surface area contributed by atoms with E-state index in [2.05, 4.69) is 12.2 Å². The summed E-state index contributed by atoms with van der Waals surface area (Å²) in [4.78, 5) is 24.1. The molecule has 0 aromatic heterocycles. The Morgan fingerprint density at radius 2 is 1.57 bits per heavy atom. The smallest absolute Gasteiger partial charge is 0.307 e. The lowest BCUT2D eigenvalue weighted by Crippen LogP contribution is -2.37. The van der Waals surface area contributed by atoms with Gasteiger partial charge in [0.25, 0.3) is 0 Å². The van der Waals surface area contributed by atoms with Gasteiger partial charge in [0.1, 0.15) is 0 Å². The number of carbonyl (C=O) groups excluding carboxylic acids is 1. The molecule has 8 heteroatoms. The van der Waals surface area contributed by atoms with Crippen molar-refractivity contribution in [3.63, 3.8) is 0 Å². The Hall–Kier alpha value is -1.93. The fourth-order valence-electron chi connectivity index (χ4n) is 4.06. The van der Waals surface area contributed by atoms with Gasteiger partial charge >= 0.3 is 5.97 Å². The van der Waals surface area contributed by atoms with Crippen LogP contribution in [0, 0.1) is 17.8 Å². The molecule has 0 spiro atoms. The van der Waals surface area contributed by atoms with Crippen LogP contribution in [0.15, 0.2) is 29.2 Å². The van der Waals surface area contributed by atoms with Gasteiger partial charge in [0.05, 0.1) is 16.7 Å². The van der Waals surface area contributed by atoms with Crippen molar-refractivity contribution in [3.05, 3.63) is 24.3 Å². The topological polar surface area (TPSA) is 104 Å². The first-order chi connectivity index (χ1) is 13.3. The van der Waals surface area contributed by atoms with Gasteiger partial charge in [0.15, 0.2) is 0 Å². The molecule has 154 valence electrons. The monoisotopic (exact) mass is 408 g/mol. The predicted molar refractivity (Wildman–Crippen MR) is 105 cm³/mol. The fourth-order valence-corrected chi connectivity index (χ4v) is 5.53. The average Bonchev–Trinajstić information content (AvgIpc) is 2.68. The van der Waals surface area contributed by atoms with Crippen molar-refractivity contribution < 1.29 is 23.1 Å². The standard InChI is InChI=1S/C20H28N2O5S/c1-14-10-12-22(13-11-14)28(26,27)16-8-6-15(7-9-16)21-19(23)17-4-2-3-5-18(17)20(24)25/h6-9,14,17-18H,2-5,10-13H2,1H3,(H,21,23)(H,24,25)/t17-,18+/m1/s1. The maximum atomic E-state index is 12.8. The molecule has 0 radical (unpaired) electrons. The molecular weight excluding hydrogens is 380 g/mol. The van der Waals surface area contributed by atoms with Crippen LogP contribution in [0.2, 0.25) is 0 Å². The van der Waals surface area contributed by atoms with Crippen LogP contribution in [-0.4, -0.2) is 42.8 Å². The highest BCUT2D eigenvalue weighted by atomic mass is 32.2. The van der Waals surface area contributed by atoms with Crippen LogP contribution in [0.4, 0.5) is 5.69 Å². The van der Waals surface area contributed by atoms with E-state index < -0.39 is 27.8 Å². The van der Waals surface area contributed by atoms with Gasteiger partial charge in [-0.25, -0.2) is 8.42 Å². The molecule has 2 N–H and O–H groups in total. The van der Waals surface area contributed by atoms with E-state index in [0.717, 1.165) is 25.7 Å². The van der Waals surface area contributed by atoms with E-state index in [1.165, 1.54) is 16.4 Å². The molecule has 0 bridgehead atoms. The van der Waals surface area contributed by atoms with Gasteiger partial charge in [0.2, 0.25) is 15.9 Å². The van der Waals surface area contributed by atoms with Crippen molar-refractivity contribution in [1.29, 1.82) is 0 Å². The number of aliphatic carboxylic acids is 1. The van der Waals surface area contributed by atoms with Crippen molar-refractivity contribution in [2.75, 3.05) is 18.4 Å². The highest BCUT2D eigenvalue weighted by Crippen LogP contribution is 2.31. The Morgan fingerprint density at radius 1 is 1.00 bits per heavy atom. The van der Waals surface area contributed by atoms with E-state index in [4.69, 9.17) is 0 Å². The number of carboxylic acids is 1. The summed E-state index contributed by atoms with van der Waals surface area (Å²) in [7, 11) is -3.53. The summed E-state index contributed by atoms with van der Waals surface area (Å²) >= 11 is 0. The molecule has 1 amide bonds. The van der Waals surface area contributed by atoms with Gasteiger partial charge in [-0.1, -0.05) is 19.8 Å². The largest absolute Gasteiger partial charge is 0.481 e. The molecule has 2 atom stereocenters. The Bertz CT molecular complexity index is 814. The van der Waals surface area contributed by atoms with Crippen LogP contribution >= 0.6 is 0 Å². The normalized spacial score (nSPS) is 24.6. The number of anilines is 1. The number of hydrogen-bond acceptors (Lipinski definition) is 4. The number of nitrogens with one attached hydrogen (secondary N) is 1. The highest BCUT2D eigenvalue weighted by molar-refractivity contribution is 7.89. The van der Waals surface area contributed by atoms with Crippen LogP contribution in [0.1, 0.15) is 45.4 Å². The molecule has 2 aliphatic rings. The third-order valence-corrected chi connectivity index (χ3v) is 7.84. The van der Waals surface area contributed by atoms with Crippen molar-refractivity contribution in [2.45, 2.75) is 50.3 Å². The van der Waals surface area contributed by atoms with E-state index in [0.29, 0.717) is 37.5 Å². The predicted octanol–water partition coefficient (Wildman–Crippen LogP) is 2.94. The van der Waals surface area contributed by atoms with Crippen molar-refractivity contribution >= 4 is 27.6 Å². The minimum Gasteiger partial charge on any atom is -0.481 e. The average molecular weight is 409 g/mol. The van der Waals surface area contributed by atoms with E-state index in [1.807, 2.05) is 0 Å². The summed E-state index contributed by atoms with van der Waals surface area (Å²) in [5.41, 5.74) is 0.478. The summed E-state index contributed by atoms with van der Waals surface area (Å²) in [6.45, 7) is 3.18. The lowest BCUT2D eigenvalue weighted by atomic mass is 9.78.